The maximum atomic E-state index is 11.2. The van der Waals surface area contributed by atoms with E-state index in [4.69, 9.17) is 5.11 Å². The third-order valence-corrected chi connectivity index (χ3v) is 2.88. The van der Waals surface area contributed by atoms with E-state index < -0.39 is 5.97 Å². The molecule has 0 bridgehead atoms. The van der Waals surface area contributed by atoms with Crippen LogP contribution in [0, 0.1) is 0 Å². The number of rotatable bonds is 3. The SMILES string of the molecule is O=C(O)c1nc(Cc2ccccc2)n2cccnc12. The van der Waals surface area contributed by atoms with Crippen LogP contribution in [0.1, 0.15) is 21.9 Å². The van der Waals surface area contributed by atoms with Gasteiger partial charge in [0.2, 0.25) is 0 Å². The summed E-state index contributed by atoms with van der Waals surface area (Å²) in [6.07, 6.45) is 3.91. The monoisotopic (exact) mass is 253 g/mol. The molecule has 2 aromatic heterocycles. The fraction of sp³-hybridized carbons (Fsp3) is 0.0714. The summed E-state index contributed by atoms with van der Waals surface area (Å²) in [5, 5.41) is 9.15. The number of fused-ring (bicyclic) bond motifs is 1. The highest BCUT2D eigenvalue weighted by atomic mass is 16.4. The normalized spacial score (nSPS) is 10.7. The molecule has 94 valence electrons. The van der Waals surface area contributed by atoms with Gasteiger partial charge in [0, 0.05) is 18.8 Å². The quantitative estimate of drug-likeness (QED) is 0.775. The zero-order valence-corrected chi connectivity index (χ0v) is 10.0. The van der Waals surface area contributed by atoms with Crippen LogP contribution in [0.25, 0.3) is 5.65 Å². The first-order valence-corrected chi connectivity index (χ1v) is 5.85. The Morgan fingerprint density at radius 1 is 1.21 bits per heavy atom. The van der Waals surface area contributed by atoms with E-state index in [1.165, 1.54) is 0 Å². The number of carbonyl (C=O) groups is 1. The molecule has 3 aromatic rings. The second-order valence-corrected chi connectivity index (χ2v) is 4.16. The highest BCUT2D eigenvalue weighted by molar-refractivity contribution is 5.92. The second-order valence-electron chi connectivity index (χ2n) is 4.16. The summed E-state index contributed by atoms with van der Waals surface area (Å²) in [5.41, 5.74) is 1.45. The number of carboxylic acid groups (broad SMARTS) is 1. The summed E-state index contributed by atoms with van der Waals surface area (Å²) in [4.78, 5) is 19.4. The average Bonchev–Trinajstić information content (AvgIpc) is 2.79. The summed E-state index contributed by atoms with van der Waals surface area (Å²) in [6, 6.07) is 11.6. The van der Waals surface area contributed by atoms with E-state index in [1.807, 2.05) is 30.3 Å². The fourth-order valence-electron chi connectivity index (χ4n) is 2.03. The van der Waals surface area contributed by atoms with Crippen molar-refractivity contribution in [1.82, 2.24) is 14.4 Å². The molecule has 1 aromatic carbocycles. The topological polar surface area (TPSA) is 67.5 Å². The van der Waals surface area contributed by atoms with E-state index in [1.54, 1.807) is 22.9 Å². The first-order chi connectivity index (χ1) is 9.25. The van der Waals surface area contributed by atoms with E-state index in [-0.39, 0.29) is 5.69 Å². The summed E-state index contributed by atoms with van der Waals surface area (Å²) in [7, 11) is 0. The molecule has 0 aliphatic rings. The minimum absolute atomic E-state index is 0.00784. The second kappa shape index (κ2) is 4.53. The largest absolute Gasteiger partial charge is 0.476 e. The first-order valence-electron chi connectivity index (χ1n) is 5.85. The highest BCUT2D eigenvalue weighted by Gasteiger charge is 2.17. The Morgan fingerprint density at radius 3 is 2.74 bits per heavy atom. The Balaban J connectivity index is 2.11. The molecule has 0 saturated carbocycles. The molecule has 1 N–H and O–H groups in total. The molecule has 5 nitrogen and oxygen atoms in total. The van der Waals surface area contributed by atoms with Gasteiger partial charge in [-0.15, -0.1) is 0 Å². The Labute approximate surface area is 109 Å². The molecule has 0 amide bonds. The van der Waals surface area contributed by atoms with E-state index in [0.717, 1.165) is 5.56 Å². The summed E-state index contributed by atoms with van der Waals surface area (Å²) in [5.74, 6) is -0.387. The van der Waals surface area contributed by atoms with Crippen LogP contribution in [0.4, 0.5) is 0 Å². The Morgan fingerprint density at radius 2 is 2.00 bits per heavy atom. The standard InChI is InChI=1S/C14H11N3O2/c18-14(19)12-13-15-7-4-8-17(13)11(16-12)9-10-5-2-1-3-6-10/h1-8H,9H2,(H,18,19). The van der Waals surface area contributed by atoms with Crippen molar-refractivity contribution in [3.8, 4) is 0 Å². The van der Waals surface area contributed by atoms with Crippen LogP contribution in [0.5, 0.6) is 0 Å². The lowest BCUT2D eigenvalue weighted by atomic mass is 10.1. The van der Waals surface area contributed by atoms with Crippen LogP contribution in [-0.2, 0) is 6.42 Å². The van der Waals surface area contributed by atoms with Gasteiger partial charge in [-0.1, -0.05) is 30.3 Å². The molecule has 0 radical (unpaired) electrons. The maximum Gasteiger partial charge on any atom is 0.358 e. The summed E-state index contributed by atoms with van der Waals surface area (Å²) >= 11 is 0. The summed E-state index contributed by atoms with van der Waals surface area (Å²) < 4.78 is 1.72. The van der Waals surface area contributed by atoms with Crippen molar-refractivity contribution in [2.45, 2.75) is 6.42 Å². The zero-order valence-electron chi connectivity index (χ0n) is 10.0. The molecular formula is C14H11N3O2. The van der Waals surface area contributed by atoms with E-state index in [9.17, 15) is 4.79 Å². The number of benzene rings is 1. The van der Waals surface area contributed by atoms with Gasteiger partial charge < -0.3 is 5.11 Å². The molecule has 0 unspecified atom stereocenters. The number of aromatic carboxylic acids is 1. The van der Waals surface area contributed by atoms with Crippen molar-refractivity contribution in [3.63, 3.8) is 0 Å². The van der Waals surface area contributed by atoms with Gasteiger partial charge in [-0.2, -0.15) is 0 Å². The molecule has 0 spiro atoms. The molecule has 2 heterocycles. The molecule has 0 atom stereocenters. The lowest BCUT2D eigenvalue weighted by molar-refractivity contribution is 0.0693. The van der Waals surface area contributed by atoms with Crippen molar-refractivity contribution >= 4 is 11.6 Å². The number of imidazole rings is 1. The minimum Gasteiger partial charge on any atom is -0.476 e. The third kappa shape index (κ3) is 2.06. The predicted octanol–water partition coefficient (Wildman–Crippen LogP) is 2.02. The fourth-order valence-corrected chi connectivity index (χ4v) is 2.03. The first kappa shape index (κ1) is 11.4. The molecule has 0 aliphatic carbocycles. The van der Waals surface area contributed by atoms with Gasteiger partial charge in [0.1, 0.15) is 5.82 Å². The van der Waals surface area contributed by atoms with Crippen molar-refractivity contribution in [2.24, 2.45) is 0 Å². The predicted molar refractivity (Wildman–Crippen MR) is 69.2 cm³/mol. The van der Waals surface area contributed by atoms with Gasteiger partial charge in [-0.05, 0) is 11.6 Å². The molecular weight excluding hydrogens is 242 g/mol. The number of carboxylic acids is 1. The smallest absolute Gasteiger partial charge is 0.358 e. The van der Waals surface area contributed by atoms with Crippen molar-refractivity contribution in [3.05, 3.63) is 65.9 Å². The van der Waals surface area contributed by atoms with Crippen LogP contribution < -0.4 is 0 Å². The van der Waals surface area contributed by atoms with E-state index in [2.05, 4.69) is 9.97 Å². The van der Waals surface area contributed by atoms with Gasteiger partial charge in [0.05, 0.1) is 0 Å². The van der Waals surface area contributed by atoms with Crippen LogP contribution in [0.3, 0.4) is 0 Å². The lowest BCUT2D eigenvalue weighted by Crippen LogP contribution is -1.98. The summed E-state index contributed by atoms with van der Waals surface area (Å²) in [6.45, 7) is 0. The zero-order chi connectivity index (χ0) is 13.2. The van der Waals surface area contributed by atoms with Gasteiger partial charge in [0.15, 0.2) is 11.3 Å². The molecule has 0 saturated heterocycles. The molecule has 19 heavy (non-hydrogen) atoms. The van der Waals surface area contributed by atoms with Crippen LogP contribution in [0.2, 0.25) is 0 Å². The van der Waals surface area contributed by atoms with Crippen LogP contribution >= 0.6 is 0 Å². The van der Waals surface area contributed by atoms with E-state index in [0.29, 0.717) is 17.9 Å². The Bertz CT molecular complexity index is 735. The van der Waals surface area contributed by atoms with Gasteiger partial charge in [-0.25, -0.2) is 14.8 Å². The lowest BCUT2D eigenvalue weighted by Gasteiger charge is -2.00. The van der Waals surface area contributed by atoms with Gasteiger partial charge in [-0.3, -0.25) is 4.40 Å². The molecule has 3 rings (SSSR count). The van der Waals surface area contributed by atoms with Crippen LogP contribution in [-0.4, -0.2) is 25.4 Å². The van der Waals surface area contributed by atoms with Gasteiger partial charge >= 0.3 is 5.97 Å². The third-order valence-electron chi connectivity index (χ3n) is 2.88. The minimum atomic E-state index is -1.06. The number of nitrogens with zero attached hydrogens (tertiary/aromatic N) is 3. The van der Waals surface area contributed by atoms with E-state index >= 15 is 0 Å². The maximum absolute atomic E-state index is 11.2. The Kier molecular flexibility index (Phi) is 2.72. The number of aromatic nitrogens is 3. The number of hydrogen-bond acceptors (Lipinski definition) is 3. The van der Waals surface area contributed by atoms with Crippen molar-refractivity contribution in [1.29, 1.82) is 0 Å². The molecule has 5 heteroatoms. The molecule has 0 aliphatic heterocycles. The molecule has 0 fully saturated rings. The van der Waals surface area contributed by atoms with Crippen LogP contribution in [0.15, 0.2) is 48.8 Å². The number of hydrogen-bond donors (Lipinski definition) is 1. The average molecular weight is 253 g/mol. The van der Waals surface area contributed by atoms with Crippen molar-refractivity contribution < 1.29 is 9.90 Å². The van der Waals surface area contributed by atoms with Crippen molar-refractivity contribution in [2.75, 3.05) is 0 Å². The van der Waals surface area contributed by atoms with Gasteiger partial charge in [0.25, 0.3) is 0 Å². The highest BCUT2D eigenvalue weighted by Crippen LogP contribution is 2.14. The Hall–Kier alpha value is -2.69.